The van der Waals surface area contributed by atoms with E-state index in [0.717, 1.165) is 0 Å². The molecule has 1 nitrogen and oxygen atoms in total. The van der Waals surface area contributed by atoms with Crippen LogP contribution in [0.25, 0.3) is 0 Å². The van der Waals surface area contributed by atoms with Gasteiger partial charge in [0, 0.05) is 20.4 Å². The molecule has 1 aromatic heterocycles. The van der Waals surface area contributed by atoms with E-state index >= 15 is 0 Å². The summed E-state index contributed by atoms with van der Waals surface area (Å²) in [6, 6.07) is 3.49. The Morgan fingerprint density at radius 1 is 1.50 bits per heavy atom. The molecule has 1 aromatic rings. The summed E-state index contributed by atoms with van der Waals surface area (Å²) < 4.78 is 4.46. The Hall–Kier alpha value is -0.0577. The van der Waals surface area contributed by atoms with Gasteiger partial charge in [-0.1, -0.05) is 6.26 Å². The van der Waals surface area contributed by atoms with Gasteiger partial charge in [-0.05, 0) is 6.26 Å². The number of hydrogen-bond acceptors (Lipinski definition) is 1. The van der Waals surface area contributed by atoms with Gasteiger partial charge in [-0.25, -0.2) is 0 Å². The van der Waals surface area contributed by atoms with Crippen LogP contribution in [0.3, 0.4) is 0 Å². The van der Waals surface area contributed by atoms with E-state index in [1.807, 2.05) is 0 Å². The summed E-state index contributed by atoms with van der Waals surface area (Å²) in [7, 11) is 0. The molecule has 0 aliphatic heterocycles. The third kappa shape index (κ3) is 1.40. The normalized spacial score (nSPS) is 6.67. The number of hydrogen-bond donors (Lipinski definition) is 0. The molecule has 0 amide bonds. The van der Waals surface area contributed by atoms with Crippen molar-refractivity contribution in [2.45, 2.75) is 0 Å². The van der Waals surface area contributed by atoms with Crippen molar-refractivity contribution < 1.29 is 24.8 Å². The zero-order chi connectivity index (χ0) is 3.54. The van der Waals surface area contributed by atoms with Gasteiger partial charge in [-0.15, -0.1) is 6.07 Å². The van der Waals surface area contributed by atoms with Gasteiger partial charge in [-0.3, -0.25) is 0 Å². The van der Waals surface area contributed by atoms with Crippen LogP contribution in [0.5, 0.6) is 0 Å². The zero-order valence-electron chi connectivity index (χ0n) is 2.96. The average molecular weight is 173 g/mol. The summed E-state index contributed by atoms with van der Waals surface area (Å²) in [6.07, 6.45) is 4.06. The van der Waals surface area contributed by atoms with Gasteiger partial charge in [0.05, 0.1) is 0 Å². The second kappa shape index (κ2) is 3.14. The second-order valence-electron chi connectivity index (χ2n) is 0.731. The van der Waals surface area contributed by atoms with Crippen molar-refractivity contribution in [2.24, 2.45) is 0 Å². The fourth-order valence-corrected chi connectivity index (χ4v) is 0.196. The second-order valence-corrected chi connectivity index (χ2v) is 0.731. The summed E-state index contributed by atoms with van der Waals surface area (Å²) >= 11 is 0. The van der Waals surface area contributed by atoms with E-state index in [1.54, 1.807) is 18.4 Å². The van der Waals surface area contributed by atoms with E-state index in [2.05, 4.69) is 10.7 Å². The Morgan fingerprint density at radius 3 is 2.50 bits per heavy atom. The number of rotatable bonds is 0. The Balaban J connectivity index is 0.000000250. The third-order valence-electron chi connectivity index (χ3n) is 0.379. The third-order valence-corrected chi connectivity index (χ3v) is 0.379. The first kappa shape index (κ1) is 5.94. The van der Waals surface area contributed by atoms with Crippen LogP contribution >= 0.6 is 0 Å². The van der Waals surface area contributed by atoms with Crippen LogP contribution in [-0.4, -0.2) is 0 Å². The van der Waals surface area contributed by atoms with Gasteiger partial charge in [0.15, 0.2) is 0 Å². The van der Waals surface area contributed by atoms with Gasteiger partial charge in [0.1, 0.15) is 0 Å². The van der Waals surface area contributed by atoms with Gasteiger partial charge >= 0.3 is 0 Å². The molecule has 1 heterocycles. The molecule has 0 bridgehead atoms. The Morgan fingerprint density at radius 2 is 2.33 bits per heavy atom. The standard InChI is InChI=1S/C4H3O.Pd/c1-2-4-5-3-1;/h1-3H;/q-1;. The van der Waals surface area contributed by atoms with E-state index in [4.69, 9.17) is 0 Å². The molecule has 36 valence electrons. The molecule has 0 fully saturated rings. The monoisotopic (exact) mass is 173 g/mol. The molecule has 6 heavy (non-hydrogen) atoms. The molecule has 0 saturated carbocycles. The van der Waals surface area contributed by atoms with E-state index in [-0.39, 0.29) is 20.4 Å². The van der Waals surface area contributed by atoms with Crippen molar-refractivity contribution in [2.75, 3.05) is 0 Å². The quantitative estimate of drug-likeness (QED) is 0.423. The smallest absolute Gasteiger partial charge is 0 e. The van der Waals surface area contributed by atoms with Gasteiger partial charge < -0.3 is 4.42 Å². The van der Waals surface area contributed by atoms with E-state index in [0.29, 0.717) is 0 Å². The zero-order valence-corrected chi connectivity index (χ0v) is 4.51. The molecular formula is C4H3OPd-. The van der Waals surface area contributed by atoms with Crippen LogP contribution in [0, 0.1) is 6.26 Å². The molecule has 1 rings (SSSR count). The molecule has 0 saturated heterocycles. The minimum Gasteiger partial charge on any atom is -0.599 e. The van der Waals surface area contributed by atoms with Gasteiger partial charge in [0.25, 0.3) is 0 Å². The predicted molar refractivity (Wildman–Crippen MR) is 17.5 cm³/mol. The van der Waals surface area contributed by atoms with Crippen LogP contribution in [-0.2, 0) is 20.4 Å². The van der Waals surface area contributed by atoms with Gasteiger partial charge in [0.2, 0.25) is 0 Å². The molecule has 0 aliphatic carbocycles. The van der Waals surface area contributed by atoms with Crippen molar-refractivity contribution in [1.82, 2.24) is 0 Å². The maximum atomic E-state index is 4.46. The summed E-state index contributed by atoms with van der Waals surface area (Å²) in [4.78, 5) is 0. The molecule has 0 unspecified atom stereocenters. The summed E-state index contributed by atoms with van der Waals surface area (Å²) in [6.45, 7) is 0. The first-order valence-electron chi connectivity index (χ1n) is 1.40. The summed E-state index contributed by atoms with van der Waals surface area (Å²) in [5.41, 5.74) is 0. The predicted octanol–water partition coefficient (Wildman–Crippen LogP) is 1.08. The minimum atomic E-state index is 0. The Labute approximate surface area is 50.0 Å². The van der Waals surface area contributed by atoms with Crippen LogP contribution in [0.2, 0.25) is 0 Å². The Kier molecular flexibility index (Phi) is 3.11. The van der Waals surface area contributed by atoms with Gasteiger partial charge in [-0.2, -0.15) is 6.07 Å². The fraction of sp³-hybridized carbons (Fsp3) is 0. The molecule has 0 radical (unpaired) electrons. The molecular weight excluding hydrogens is 170 g/mol. The Bertz CT molecular complexity index is 64.0. The maximum Gasteiger partial charge on any atom is 0 e. The molecule has 0 atom stereocenters. The van der Waals surface area contributed by atoms with Crippen molar-refractivity contribution in [3.8, 4) is 0 Å². The summed E-state index contributed by atoms with van der Waals surface area (Å²) in [5.74, 6) is 0. The van der Waals surface area contributed by atoms with E-state index in [1.165, 1.54) is 0 Å². The SMILES string of the molecule is [Pd].[c-]1ccco1. The fourth-order valence-electron chi connectivity index (χ4n) is 0.196. The van der Waals surface area contributed by atoms with Crippen molar-refractivity contribution in [1.29, 1.82) is 0 Å². The first-order valence-corrected chi connectivity index (χ1v) is 1.40. The molecule has 2 heteroatoms. The first-order chi connectivity index (χ1) is 2.50. The largest absolute Gasteiger partial charge is 0.599 e. The average Bonchev–Trinajstić information content (AvgIpc) is 1.76. The minimum absolute atomic E-state index is 0. The van der Waals surface area contributed by atoms with Crippen molar-refractivity contribution in [3.63, 3.8) is 0 Å². The van der Waals surface area contributed by atoms with E-state index < -0.39 is 0 Å². The van der Waals surface area contributed by atoms with Crippen molar-refractivity contribution in [3.05, 3.63) is 24.7 Å². The molecule has 0 N–H and O–H groups in total. The van der Waals surface area contributed by atoms with Crippen LogP contribution < -0.4 is 0 Å². The molecule has 0 spiro atoms. The van der Waals surface area contributed by atoms with Crippen molar-refractivity contribution >= 4 is 0 Å². The topological polar surface area (TPSA) is 13.1 Å². The summed E-state index contributed by atoms with van der Waals surface area (Å²) in [5, 5.41) is 0. The van der Waals surface area contributed by atoms with Crippen LogP contribution in [0.4, 0.5) is 0 Å². The maximum absolute atomic E-state index is 4.46. The van der Waals surface area contributed by atoms with E-state index in [9.17, 15) is 0 Å². The molecule has 0 aliphatic rings. The molecule has 0 aromatic carbocycles. The van der Waals surface area contributed by atoms with Crippen LogP contribution in [0.1, 0.15) is 0 Å². The number of furan rings is 1. The van der Waals surface area contributed by atoms with Crippen LogP contribution in [0.15, 0.2) is 22.8 Å².